The van der Waals surface area contributed by atoms with E-state index in [0.29, 0.717) is 12.4 Å². The normalized spacial score (nSPS) is 10.3. The standard InChI is InChI=1S/C11H10ClN3O2S/c12-9-7(11(16)17)1-3-14-10(9)15-4-2-8-13-5-6-18-8/h1,3,5-6H,2,4H2,(H,14,15)(H,16,17). The van der Waals surface area contributed by atoms with E-state index in [-0.39, 0.29) is 10.6 Å². The molecule has 0 aromatic carbocycles. The molecule has 2 rings (SSSR count). The number of aromatic carboxylic acids is 1. The van der Waals surface area contributed by atoms with E-state index in [2.05, 4.69) is 15.3 Å². The summed E-state index contributed by atoms with van der Waals surface area (Å²) in [6.07, 6.45) is 3.91. The van der Waals surface area contributed by atoms with Gasteiger partial charge < -0.3 is 10.4 Å². The van der Waals surface area contributed by atoms with Crippen LogP contribution in [0.2, 0.25) is 5.02 Å². The van der Waals surface area contributed by atoms with E-state index in [1.54, 1.807) is 17.5 Å². The Balaban J connectivity index is 2.01. The Morgan fingerprint density at radius 2 is 2.28 bits per heavy atom. The molecular weight excluding hydrogens is 274 g/mol. The molecule has 0 fully saturated rings. The van der Waals surface area contributed by atoms with Crippen molar-refractivity contribution in [3.05, 3.63) is 39.4 Å². The molecule has 0 saturated heterocycles. The Hall–Kier alpha value is -1.66. The number of aromatic nitrogens is 2. The van der Waals surface area contributed by atoms with Crippen LogP contribution < -0.4 is 5.32 Å². The van der Waals surface area contributed by atoms with Crippen LogP contribution in [0.25, 0.3) is 0 Å². The van der Waals surface area contributed by atoms with Crippen LogP contribution in [0.5, 0.6) is 0 Å². The van der Waals surface area contributed by atoms with Gasteiger partial charge in [-0.25, -0.2) is 14.8 Å². The second kappa shape index (κ2) is 5.79. The van der Waals surface area contributed by atoms with E-state index in [0.717, 1.165) is 11.4 Å². The minimum absolute atomic E-state index is 0.0448. The van der Waals surface area contributed by atoms with E-state index >= 15 is 0 Å². The van der Waals surface area contributed by atoms with Gasteiger partial charge in [-0.3, -0.25) is 0 Å². The largest absolute Gasteiger partial charge is 0.478 e. The molecule has 0 amide bonds. The number of anilines is 1. The van der Waals surface area contributed by atoms with Crippen LogP contribution in [0.15, 0.2) is 23.8 Å². The summed E-state index contributed by atoms with van der Waals surface area (Å²) in [5, 5.41) is 15.0. The van der Waals surface area contributed by atoms with E-state index in [1.165, 1.54) is 12.3 Å². The maximum Gasteiger partial charge on any atom is 0.337 e. The lowest BCUT2D eigenvalue weighted by Gasteiger charge is -2.07. The van der Waals surface area contributed by atoms with Crippen molar-refractivity contribution < 1.29 is 9.90 Å². The molecule has 2 heterocycles. The number of rotatable bonds is 5. The molecule has 0 aliphatic heterocycles. The van der Waals surface area contributed by atoms with Crippen LogP contribution >= 0.6 is 22.9 Å². The van der Waals surface area contributed by atoms with Gasteiger partial charge in [0.15, 0.2) is 0 Å². The van der Waals surface area contributed by atoms with Crippen LogP contribution in [0.4, 0.5) is 5.82 Å². The molecule has 0 aliphatic rings. The van der Waals surface area contributed by atoms with Gasteiger partial charge in [0, 0.05) is 30.7 Å². The number of nitrogens with zero attached hydrogens (tertiary/aromatic N) is 2. The number of halogens is 1. The third-order valence-corrected chi connectivity index (χ3v) is 3.46. The Bertz CT molecular complexity index is 545. The van der Waals surface area contributed by atoms with Gasteiger partial charge >= 0.3 is 5.97 Å². The molecule has 0 unspecified atom stereocenters. The first-order valence-electron chi connectivity index (χ1n) is 5.18. The summed E-state index contributed by atoms with van der Waals surface area (Å²) in [5.41, 5.74) is 0.0448. The summed E-state index contributed by atoms with van der Waals surface area (Å²) in [6.45, 7) is 0.601. The first-order chi connectivity index (χ1) is 8.68. The van der Waals surface area contributed by atoms with Gasteiger partial charge in [-0.2, -0.15) is 0 Å². The molecule has 5 nitrogen and oxygen atoms in total. The molecular formula is C11H10ClN3O2S. The minimum atomic E-state index is -1.06. The topological polar surface area (TPSA) is 75.1 Å². The number of hydrogen-bond acceptors (Lipinski definition) is 5. The number of hydrogen-bond donors (Lipinski definition) is 2. The highest BCUT2D eigenvalue weighted by Gasteiger charge is 2.12. The number of pyridine rings is 1. The number of nitrogens with one attached hydrogen (secondary N) is 1. The van der Waals surface area contributed by atoms with Crippen LogP contribution in [-0.4, -0.2) is 27.6 Å². The van der Waals surface area contributed by atoms with Crippen molar-refractivity contribution in [3.8, 4) is 0 Å². The highest BCUT2D eigenvalue weighted by molar-refractivity contribution is 7.09. The Morgan fingerprint density at radius 1 is 1.44 bits per heavy atom. The van der Waals surface area contributed by atoms with Crippen molar-refractivity contribution in [1.29, 1.82) is 0 Å². The summed E-state index contributed by atoms with van der Waals surface area (Å²) >= 11 is 7.52. The van der Waals surface area contributed by atoms with Gasteiger partial charge in [0.1, 0.15) is 5.82 Å². The second-order valence-corrected chi connectivity index (χ2v) is 4.79. The summed E-state index contributed by atoms with van der Waals surface area (Å²) in [4.78, 5) is 19.0. The van der Waals surface area contributed by atoms with Crippen LogP contribution in [0.1, 0.15) is 15.4 Å². The molecule has 0 saturated carbocycles. The lowest BCUT2D eigenvalue weighted by molar-refractivity contribution is 0.0697. The third-order valence-electron chi connectivity index (χ3n) is 2.23. The summed E-state index contributed by atoms with van der Waals surface area (Å²) in [5.74, 6) is -0.682. The van der Waals surface area contributed by atoms with E-state index in [4.69, 9.17) is 16.7 Å². The number of carbonyl (C=O) groups is 1. The van der Waals surface area contributed by atoms with E-state index in [9.17, 15) is 4.79 Å². The molecule has 2 aromatic rings. The fourth-order valence-corrected chi connectivity index (χ4v) is 2.28. The van der Waals surface area contributed by atoms with Gasteiger partial charge in [-0.15, -0.1) is 11.3 Å². The average Bonchev–Trinajstić information content (AvgIpc) is 2.84. The SMILES string of the molecule is O=C(O)c1ccnc(NCCc2nccs2)c1Cl. The maximum absolute atomic E-state index is 10.9. The van der Waals surface area contributed by atoms with Gasteiger partial charge in [0.2, 0.25) is 0 Å². The molecule has 2 N–H and O–H groups in total. The zero-order chi connectivity index (χ0) is 13.0. The van der Waals surface area contributed by atoms with Gasteiger partial charge in [0.05, 0.1) is 15.6 Å². The summed E-state index contributed by atoms with van der Waals surface area (Å²) < 4.78 is 0. The number of thiazole rings is 1. The zero-order valence-electron chi connectivity index (χ0n) is 9.26. The molecule has 0 spiro atoms. The monoisotopic (exact) mass is 283 g/mol. The van der Waals surface area contributed by atoms with Crippen LogP contribution in [0, 0.1) is 0 Å². The third kappa shape index (κ3) is 2.96. The number of carboxylic acids is 1. The zero-order valence-corrected chi connectivity index (χ0v) is 10.8. The van der Waals surface area contributed by atoms with Crippen molar-refractivity contribution in [1.82, 2.24) is 9.97 Å². The molecule has 2 aromatic heterocycles. The summed E-state index contributed by atoms with van der Waals surface area (Å²) in [6, 6.07) is 1.37. The minimum Gasteiger partial charge on any atom is -0.478 e. The van der Waals surface area contributed by atoms with Crippen molar-refractivity contribution in [2.45, 2.75) is 6.42 Å². The first-order valence-corrected chi connectivity index (χ1v) is 6.44. The van der Waals surface area contributed by atoms with Crippen LogP contribution in [0.3, 0.4) is 0 Å². The smallest absolute Gasteiger partial charge is 0.337 e. The second-order valence-electron chi connectivity index (χ2n) is 3.43. The molecule has 0 radical (unpaired) electrons. The van der Waals surface area contributed by atoms with Gasteiger partial charge in [-0.1, -0.05) is 11.6 Å². The van der Waals surface area contributed by atoms with Crippen molar-refractivity contribution in [2.75, 3.05) is 11.9 Å². The fraction of sp³-hybridized carbons (Fsp3) is 0.182. The lowest BCUT2D eigenvalue weighted by Crippen LogP contribution is -2.08. The maximum atomic E-state index is 10.9. The summed E-state index contributed by atoms with van der Waals surface area (Å²) in [7, 11) is 0. The quantitative estimate of drug-likeness (QED) is 0.882. The molecule has 18 heavy (non-hydrogen) atoms. The predicted octanol–water partition coefficient (Wildman–Crippen LogP) is 2.54. The average molecular weight is 284 g/mol. The first kappa shape index (κ1) is 12.8. The Labute approximate surface area is 112 Å². The van der Waals surface area contributed by atoms with Crippen molar-refractivity contribution in [2.24, 2.45) is 0 Å². The molecule has 0 bridgehead atoms. The van der Waals surface area contributed by atoms with E-state index in [1.807, 2.05) is 5.38 Å². The van der Waals surface area contributed by atoms with Crippen molar-refractivity contribution >= 4 is 34.7 Å². The van der Waals surface area contributed by atoms with Crippen molar-refractivity contribution in [3.63, 3.8) is 0 Å². The highest BCUT2D eigenvalue weighted by atomic mass is 35.5. The molecule has 0 aliphatic carbocycles. The Morgan fingerprint density at radius 3 is 2.94 bits per heavy atom. The predicted molar refractivity (Wildman–Crippen MR) is 70.5 cm³/mol. The lowest BCUT2D eigenvalue weighted by atomic mass is 10.2. The Kier molecular flexibility index (Phi) is 4.11. The van der Waals surface area contributed by atoms with Gasteiger partial charge in [0.25, 0.3) is 0 Å². The fourth-order valence-electron chi connectivity index (χ4n) is 1.40. The molecule has 94 valence electrons. The highest BCUT2D eigenvalue weighted by Crippen LogP contribution is 2.23. The van der Waals surface area contributed by atoms with Crippen LogP contribution in [-0.2, 0) is 6.42 Å². The van der Waals surface area contributed by atoms with Gasteiger partial charge in [-0.05, 0) is 6.07 Å². The number of carboxylic acid groups (broad SMARTS) is 1. The molecule has 7 heteroatoms. The molecule has 0 atom stereocenters. The van der Waals surface area contributed by atoms with E-state index < -0.39 is 5.97 Å².